The molecule has 0 aliphatic carbocycles. The third-order valence-electron chi connectivity index (χ3n) is 6.68. The van der Waals surface area contributed by atoms with Crippen LogP contribution in [-0.4, -0.2) is 54.8 Å². The van der Waals surface area contributed by atoms with E-state index in [1.807, 2.05) is 20.8 Å². The Morgan fingerprint density at radius 1 is 0.730 bits per heavy atom. The van der Waals surface area contributed by atoms with Gasteiger partial charge in [-0.25, -0.2) is 0 Å². The van der Waals surface area contributed by atoms with Crippen LogP contribution < -0.4 is 27.0 Å². The van der Waals surface area contributed by atoms with Crippen molar-refractivity contribution in [1.29, 1.82) is 0 Å². The minimum Gasteiger partial charge on any atom is -0.351 e. The number of amides is 4. The highest BCUT2D eigenvalue weighted by Crippen LogP contribution is 2.22. The van der Waals surface area contributed by atoms with Crippen molar-refractivity contribution >= 4 is 23.6 Å². The Labute approximate surface area is 224 Å². The van der Waals surface area contributed by atoms with Gasteiger partial charge in [0.1, 0.15) is 12.1 Å². The number of carbonyl (C=O) groups is 4. The fourth-order valence-electron chi connectivity index (χ4n) is 4.63. The molecule has 0 radical (unpaired) electrons. The predicted molar refractivity (Wildman–Crippen MR) is 148 cm³/mol. The van der Waals surface area contributed by atoms with E-state index in [2.05, 4.69) is 28.2 Å². The Hall–Kier alpha value is -2.16. The average molecular weight is 524 g/mol. The fourth-order valence-corrected chi connectivity index (χ4v) is 4.63. The Morgan fingerprint density at radius 2 is 1.32 bits per heavy atom. The fraction of sp³-hybridized carbons (Fsp3) is 0.857. The van der Waals surface area contributed by atoms with E-state index in [4.69, 9.17) is 5.73 Å². The van der Waals surface area contributed by atoms with Gasteiger partial charge in [0.25, 0.3) is 0 Å². The van der Waals surface area contributed by atoms with E-state index in [-0.39, 0.29) is 42.1 Å². The van der Waals surface area contributed by atoms with E-state index in [1.54, 1.807) is 0 Å². The van der Waals surface area contributed by atoms with Crippen LogP contribution in [0.2, 0.25) is 0 Å². The summed E-state index contributed by atoms with van der Waals surface area (Å²) in [5.41, 5.74) is 5.37. The highest BCUT2D eigenvalue weighted by atomic mass is 16.2. The molecule has 0 unspecified atom stereocenters. The van der Waals surface area contributed by atoms with Crippen molar-refractivity contribution in [3.05, 3.63) is 0 Å². The summed E-state index contributed by atoms with van der Waals surface area (Å²) in [6.07, 6.45) is 12.4. The lowest BCUT2D eigenvalue weighted by atomic mass is 9.87. The van der Waals surface area contributed by atoms with Gasteiger partial charge in [0.05, 0.1) is 6.54 Å². The number of nitrogens with one attached hydrogen (secondary N) is 4. The molecule has 3 atom stereocenters. The van der Waals surface area contributed by atoms with Gasteiger partial charge in [-0.05, 0) is 44.1 Å². The molecule has 1 aliphatic heterocycles. The van der Waals surface area contributed by atoms with Crippen molar-refractivity contribution in [3.8, 4) is 0 Å². The first-order valence-electron chi connectivity index (χ1n) is 14.4. The number of nitrogens with two attached hydrogens (primary N) is 1. The van der Waals surface area contributed by atoms with E-state index in [9.17, 15) is 19.2 Å². The van der Waals surface area contributed by atoms with Gasteiger partial charge in [-0.2, -0.15) is 0 Å². The maximum Gasteiger partial charge on any atom is 0.243 e. The zero-order valence-corrected chi connectivity index (χ0v) is 23.8. The molecule has 9 heteroatoms. The molecule has 1 rings (SSSR count). The van der Waals surface area contributed by atoms with Gasteiger partial charge < -0.3 is 27.0 Å². The number of unbranched alkanes of at least 4 members (excludes halogenated alkanes) is 8. The van der Waals surface area contributed by atoms with Crippen LogP contribution in [0.3, 0.4) is 0 Å². The number of hydrogen-bond donors (Lipinski definition) is 5. The summed E-state index contributed by atoms with van der Waals surface area (Å²) in [5, 5.41) is 11.3. The van der Waals surface area contributed by atoms with Crippen molar-refractivity contribution in [3.63, 3.8) is 0 Å². The van der Waals surface area contributed by atoms with Gasteiger partial charge in [-0.3, -0.25) is 19.2 Å². The number of rotatable bonds is 14. The molecule has 37 heavy (non-hydrogen) atoms. The molecule has 0 bridgehead atoms. The average Bonchev–Trinajstić information content (AvgIpc) is 2.82. The molecule has 6 N–H and O–H groups in total. The predicted octanol–water partition coefficient (Wildman–Crippen LogP) is 3.06. The normalized spacial score (nSPS) is 22.1. The third kappa shape index (κ3) is 15.6. The first-order valence-corrected chi connectivity index (χ1v) is 14.4. The largest absolute Gasteiger partial charge is 0.351 e. The second-order valence-electron chi connectivity index (χ2n) is 11.7. The summed E-state index contributed by atoms with van der Waals surface area (Å²) in [6.45, 7) is 8.54. The maximum atomic E-state index is 13.4. The van der Waals surface area contributed by atoms with E-state index in [1.165, 1.54) is 32.1 Å². The Kier molecular flexibility index (Phi) is 16.1. The third-order valence-corrected chi connectivity index (χ3v) is 6.68. The zero-order valence-electron chi connectivity index (χ0n) is 23.8. The summed E-state index contributed by atoms with van der Waals surface area (Å²) < 4.78 is 0. The second kappa shape index (κ2) is 18.2. The molecule has 0 saturated carbocycles. The Morgan fingerprint density at radius 3 is 1.95 bits per heavy atom. The maximum absolute atomic E-state index is 13.4. The summed E-state index contributed by atoms with van der Waals surface area (Å²) >= 11 is 0. The zero-order chi connectivity index (χ0) is 27.7. The minimum absolute atomic E-state index is 0.103. The molecular weight excluding hydrogens is 470 g/mol. The van der Waals surface area contributed by atoms with Crippen LogP contribution in [0, 0.1) is 5.41 Å². The lowest BCUT2D eigenvalue weighted by Gasteiger charge is -2.29. The van der Waals surface area contributed by atoms with Crippen LogP contribution in [0.25, 0.3) is 0 Å². The number of hydrogen-bond acceptors (Lipinski definition) is 5. The summed E-state index contributed by atoms with van der Waals surface area (Å²) in [4.78, 5) is 51.6. The highest BCUT2D eigenvalue weighted by molar-refractivity contribution is 5.93. The minimum atomic E-state index is -0.792. The Balaban J connectivity index is 2.92. The van der Waals surface area contributed by atoms with Crippen molar-refractivity contribution in [2.24, 2.45) is 11.1 Å². The topological polar surface area (TPSA) is 142 Å². The van der Waals surface area contributed by atoms with Crippen LogP contribution in [0.5, 0.6) is 0 Å². The number of carbonyl (C=O) groups excluding carboxylic acids is 4. The van der Waals surface area contributed by atoms with Crippen molar-refractivity contribution < 1.29 is 19.2 Å². The van der Waals surface area contributed by atoms with Gasteiger partial charge in [-0.1, -0.05) is 79.1 Å². The molecule has 1 aliphatic rings. The molecule has 4 amide bonds. The molecule has 214 valence electrons. The lowest BCUT2D eigenvalue weighted by molar-refractivity contribution is -0.132. The van der Waals surface area contributed by atoms with Crippen molar-refractivity contribution in [2.75, 3.05) is 13.1 Å². The highest BCUT2D eigenvalue weighted by Gasteiger charge is 2.31. The standard InChI is InChI=1S/C28H53N5O4/c1-5-6-7-8-9-10-11-12-15-21-18-24(34)30-20-25(35)32-22(16-13-14-17-29)26(36)33-23(27(37)31-21)19-28(2,3)4/h21-23H,5-20,29H2,1-4H3,(H,30,34)(H,31,37)(H,32,35)(H,33,36)/t21-,22+,23+/m1/s1. The van der Waals surface area contributed by atoms with E-state index >= 15 is 0 Å². The van der Waals surface area contributed by atoms with Crippen LogP contribution in [-0.2, 0) is 19.2 Å². The van der Waals surface area contributed by atoms with Gasteiger partial charge >= 0.3 is 0 Å². The first kappa shape index (κ1) is 32.9. The van der Waals surface area contributed by atoms with Crippen LogP contribution in [0.15, 0.2) is 0 Å². The van der Waals surface area contributed by atoms with Crippen molar-refractivity contribution in [2.45, 2.75) is 136 Å². The van der Waals surface area contributed by atoms with E-state index in [0.29, 0.717) is 32.2 Å². The first-order chi connectivity index (χ1) is 17.6. The summed E-state index contributed by atoms with van der Waals surface area (Å²) in [6, 6.07) is -1.90. The Bertz CT molecular complexity index is 707. The molecule has 0 aromatic rings. The van der Waals surface area contributed by atoms with E-state index in [0.717, 1.165) is 25.7 Å². The smallest absolute Gasteiger partial charge is 0.243 e. The quantitative estimate of drug-likeness (QED) is 0.222. The van der Waals surface area contributed by atoms with Crippen LogP contribution >= 0.6 is 0 Å². The van der Waals surface area contributed by atoms with Crippen LogP contribution in [0.4, 0.5) is 0 Å². The van der Waals surface area contributed by atoms with E-state index < -0.39 is 18.0 Å². The monoisotopic (exact) mass is 523 g/mol. The molecule has 1 heterocycles. The molecular formula is C28H53N5O4. The molecule has 1 fully saturated rings. The summed E-state index contributed by atoms with van der Waals surface area (Å²) in [5.74, 6) is -1.38. The molecule has 1 saturated heterocycles. The lowest BCUT2D eigenvalue weighted by Crippen LogP contribution is -2.55. The van der Waals surface area contributed by atoms with Crippen LogP contribution in [0.1, 0.15) is 118 Å². The molecule has 0 spiro atoms. The molecule has 9 nitrogen and oxygen atoms in total. The summed E-state index contributed by atoms with van der Waals surface area (Å²) in [7, 11) is 0. The molecule has 0 aromatic carbocycles. The van der Waals surface area contributed by atoms with Crippen molar-refractivity contribution in [1.82, 2.24) is 21.3 Å². The van der Waals surface area contributed by atoms with Gasteiger partial charge in [-0.15, -0.1) is 0 Å². The SMILES string of the molecule is CCCCCCCCCC[C@@H]1CC(=O)NCC(=O)N[C@@H](CCCCN)C(=O)N[C@@H](CC(C)(C)C)C(=O)N1. The van der Waals surface area contributed by atoms with Gasteiger partial charge in [0, 0.05) is 12.5 Å². The van der Waals surface area contributed by atoms with Gasteiger partial charge in [0.2, 0.25) is 23.6 Å². The molecule has 0 aromatic heterocycles. The second-order valence-corrected chi connectivity index (χ2v) is 11.7. The van der Waals surface area contributed by atoms with Gasteiger partial charge in [0.15, 0.2) is 0 Å².